The van der Waals surface area contributed by atoms with Gasteiger partial charge >= 0.3 is 6.03 Å². The molecule has 1 aliphatic rings. The zero-order chi connectivity index (χ0) is 15.6. The van der Waals surface area contributed by atoms with Crippen LogP contribution < -0.4 is 10.1 Å². The molecule has 0 radical (unpaired) electrons. The predicted molar refractivity (Wildman–Crippen MR) is 80.0 cm³/mol. The number of nitrogens with one attached hydrogen (secondary N) is 1. The van der Waals surface area contributed by atoms with E-state index in [0.717, 1.165) is 22.6 Å². The van der Waals surface area contributed by atoms with Crippen LogP contribution >= 0.6 is 0 Å². The molecule has 1 fully saturated rings. The quantitative estimate of drug-likeness (QED) is 0.848. The van der Waals surface area contributed by atoms with Crippen LogP contribution in [-0.2, 0) is 10.3 Å². The normalized spacial score (nSPS) is 21.9. The van der Waals surface area contributed by atoms with Crippen molar-refractivity contribution >= 4 is 11.9 Å². The maximum absolute atomic E-state index is 12.2. The fourth-order valence-electron chi connectivity index (χ4n) is 2.27. The van der Waals surface area contributed by atoms with Gasteiger partial charge in [-0.3, -0.25) is 9.69 Å². The number of likely N-dealkylation sites (N-methyl/N-ethyl adjacent to an activating group) is 1. The van der Waals surface area contributed by atoms with Crippen molar-refractivity contribution < 1.29 is 14.3 Å². The van der Waals surface area contributed by atoms with Crippen LogP contribution in [0.5, 0.6) is 5.75 Å². The van der Waals surface area contributed by atoms with Gasteiger partial charge in [0, 0.05) is 7.05 Å². The summed E-state index contributed by atoms with van der Waals surface area (Å²) in [6, 6.07) is 6.93. The van der Waals surface area contributed by atoms with E-state index in [1.807, 2.05) is 24.3 Å². The SMILES string of the molecule is CC(C)CCOc1ccc([C@]2(C)NC(=O)N(C)C2=O)cc1. The van der Waals surface area contributed by atoms with Crippen LogP contribution in [0.4, 0.5) is 4.79 Å². The molecule has 0 unspecified atom stereocenters. The van der Waals surface area contributed by atoms with Crippen LogP contribution in [0.15, 0.2) is 24.3 Å². The van der Waals surface area contributed by atoms with Gasteiger partial charge in [-0.25, -0.2) is 4.79 Å². The van der Waals surface area contributed by atoms with Crippen molar-refractivity contribution in [3.05, 3.63) is 29.8 Å². The highest BCUT2D eigenvalue weighted by atomic mass is 16.5. The van der Waals surface area contributed by atoms with E-state index in [0.29, 0.717) is 12.5 Å². The Balaban J connectivity index is 2.09. The van der Waals surface area contributed by atoms with Crippen LogP contribution in [0.3, 0.4) is 0 Å². The van der Waals surface area contributed by atoms with Gasteiger partial charge in [0.25, 0.3) is 5.91 Å². The average Bonchev–Trinajstić information content (AvgIpc) is 2.64. The first kappa shape index (κ1) is 15.4. The van der Waals surface area contributed by atoms with Crippen LogP contribution in [0, 0.1) is 5.92 Å². The summed E-state index contributed by atoms with van der Waals surface area (Å²) in [5, 5.41) is 2.72. The van der Waals surface area contributed by atoms with Gasteiger partial charge in [0.2, 0.25) is 0 Å². The summed E-state index contributed by atoms with van der Waals surface area (Å²) in [6.45, 7) is 6.69. The van der Waals surface area contributed by atoms with Crippen molar-refractivity contribution in [3.63, 3.8) is 0 Å². The van der Waals surface area contributed by atoms with E-state index in [2.05, 4.69) is 19.2 Å². The molecule has 1 aliphatic heterocycles. The molecular formula is C16H22N2O3. The van der Waals surface area contributed by atoms with Crippen LogP contribution in [-0.4, -0.2) is 30.5 Å². The Hall–Kier alpha value is -2.04. The number of hydrogen-bond acceptors (Lipinski definition) is 3. The minimum absolute atomic E-state index is 0.249. The second kappa shape index (κ2) is 5.76. The van der Waals surface area contributed by atoms with Crippen LogP contribution in [0.25, 0.3) is 0 Å². The lowest BCUT2D eigenvalue weighted by Crippen LogP contribution is -2.40. The van der Waals surface area contributed by atoms with Crippen molar-refractivity contribution in [2.45, 2.75) is 32.7 Å². The molecule has 5 nitrogen and oxygen atoms in total. The van der Waals surface area contributed by atoms with Crippen molar-refractivity contribution in [1.29, 1.82) is 0 Å². The second-order valence-electron chi connectivity index (χ2n) is 5.97. The summed E-state index contributed by atoms with van der Waals surface area (Å²) in [5.41, 5.74) is -0.246. The molecular weight excluding hydrogens is 268 g/mol. The number of rotatable bonds is 5. The largest absolute Gasteiger partial charge is 0.494 e. The van der Waals surface area contributed by atoms with E-state index >= 15 is 0 Å². The molecule has 0 bridgehead atoms. The van der Waals surface area contributed by atoms with E-state index in [1.165, 1.54) is 7.05 Å². The minimum atomic E-state index is -0.998. The van der Waals surface area contributed by atoms with Gasteiger partial charge in [-0.15, -0.1) is 0 Å². The Morgan fingerprint density at radius 3 is 2.33 bits per heavy atom. The molecule has 0 spiro atoms. The Morgan fingerprint density at radius 2 is 1.86 bits per heavy atom. The Bertz CT molecular complexity index is 539. The molecule has 0 saturated carbocycles. The van der Waals surface area contributed by atoms with Crippen molar-refractivity contribution in [2.75, 3.05) is 13.7 Å². The number of benzene rings is 1. The summed E-state index contributed by atoms with van der Waals surface area (Å²) >= 11 is 0. The molecule has 1 saturated heterocycles. The average molecular weight is 290 g/mol. The smallest absolute Gasteiger partial charge is 0.325 e. The van der Waals surface area contributed by atoms with E-state index in [-0.39, 0.29) is 11.9 Å². The number of carbonyl (C=O) groups is 2. The van der Waals surface area contributed by atoms with Gasteiger partial charge in [-0.1, -0.05) is 26.0 Å². The monoisotopic (exact) mass is 290 g/mol. The molecule has 1 aromatic rings. The Morgan fingerprint density at radius 1 is 1.24 bits per heavy atom. The van der Waals surface area contributed by atoms with Gasteiger partial charge in [-0.05, 0) is 37.0 Å². The molecule has 1 atom stereocenters. The first-order valence-electron chi connectivity index (χ1n) is 7.18. The zero-order valence-corrected chi connectivity index (χ0v) is 13.0. The fourth-order valence-corrected chi connectivity index (χ4v) is 2.27. The lowest BCUT2D eigenvalue weighted by atomic mass is 9.92. The van der Waals surface area contributed by atoms with E-state index in [1.54, 1.807) is 6.92 Å². The first-order chi connectivity index (χ1) is 9.84. The summed E-state index contributed by atoms with van der Waals surface area (Å²) in [5.74, 6) is 1.12. The van der Waals surface area contributed by atoms with E-state index in [9.17, 15) is 9.59 Å². The standard InChI is InChI=1S/C16H22N2O3/c1-11(2)9-10-21-13-7-5-12(6-8-13)16(3)14(19)18(4)15(20)17-16/h5-8,11H,9-10H2,1-4H3,(H,17,20)/t16-/m0/s1. The maximum atomic E-state index is 12.2. The number of imide groups is 1. The third-order valence-electron chi connectivity index (χ3n) is 3.79. The first-order valence-corrected chi connectivity index (χ1v) is 7.18. The molecule has 2 rings (SSSR count). The van der Waals surface area contributed by atoms with Crippen molar-refractivity contribution in [2.24, 2.45) is 5.92 Å². The molecule has 21 heavy (non-hydrogen) atoms. The van der Waals surface area contributed by atoms with Crippen molar-refractivity contribution in [1.82, 2.24) is 10.2 Å². The summed E-state index contributed by atoms with van der Waals surface area (Å²) in [4.78, 5) is 24.9. The van der Waals surface area contributed by atoms with Crippen LogP contribution in [0.2, 0.25) is 0 Å². The van der Waals surface area contributed by atoms with Gasteiger partial charge in [0.05, 0.1) is 6.61 Å². The third-order valence-corrected chi connectivity index (χ3v) is 3.79. The molecule has 5 heteroatoms. The number of hydrogen-bond donors (Lipinski definition) is 1. The fraction of sp³-hybridized carbons (Fsp3) is 0.500. The lowest BCUT2D eigenvalue weighted by molar-refractivity contribution is -0.130. The van der Waals surface area contributed by atoms with Gasteiger partial charge < -0.3 is 10.1 Å². The van der Waals surface area contributed by atoms with Gasteiger partial charge in [0.15, 0.2) is 0 Å². The highest BCUT2D eigenvalue weighted by Gasteiger charge is 2.47. The molecule has 1 N–H and O–H groups in total. The zero-order valence-electron chi connectivity index (χ0n) is 13.0. The van der Waals surface area contributed by atoms with Crippen LogP contribution in [0.1, 0.15) is 32.8 Å². The topological polar surface area (TPSA) is 58.6 Å². The summed E-state index contributed by atoms with van der Waals surface area (Å²) in [6.07, 6.45) is 0.999. The number of nitrogens with zero attached hydrogens (tertiary/aromatic N) is 1. The molecule has 114 valence electrons. The van der Waals surface area contributed by atoms with Crippen molar-refractivity contribution in [3.8, 4) is 5.75 Å². The van der Waals surface area contributed by atoms with Gasteiger partial charge in [-0.2, -0.15) is 0 Å². The number of urea groups is 1. The molecule has 0 aromatic heterocycles. The molecule has 3 amide bonds. The number of ether oxygens (including phenoxy) is 1. The predicted octanol–water partition coefficient (Wildman–Crippen LogP) is 2.51. The Kier molecular flexibility index (Phi) is 4.21. The molecule has 1 aromatic carbocycles. The number of amides is 3. The highest BCUT2D eigenvalue weighted by Crippen LogP contribution is 2.29. The molecule has 0 aliphatic carbocycles. The van der Waals surface area contributed by atoms with Gasteiger partial charge in [0.1, 0.15) is 11.3 Å². The number of carbonyl (C=O) groups excluding carboxylic acids is 2. The third kappa shape index (κ3) is 3.01. The minimum Gasteiger partial charge on any atom is -0.494 e. The van der Waals surface area contributed by atoms with E-state index in [4.69, 9.17) is 4.74 Å². The highest BCUT2D eigenvalue weighted by molar-refractivity contribution is 6.06. The lowest BCUT2D eigenvalue weighted by Gasteiger charge is -2.22. The molecule has 1 heterocycles. The maximum Gasteiger partial charge on any atom is 0.325 e. The summed E-state index contributed by atoms with van der Waals surface area (Å²) < 4.78 is 5.65. The summed E-state index contributed by atoms with van der Waals surface area (Å²) in [7, 11) is 1.48. The Labute approximate surface area is 125 Å². The second-order valence-corrected chi connectivity index (χ2v) is 5.97. The van der Waals surface area contributed by atoms with E-state index < -0.39 is 5.54 Å².